The minimum absolute atomic E-state index is 0.132. The first kappa shape index (κ1) is 11.8. The zero-order chi connectivity index (χ0) is 12.8. The molecule has 3 rings (SSSR count). The predicted molar refractivity (Wildman–Crippen MR) is 73.3 cm³/mol. The molecule has 1 heterocycles. The number of rotatable bonds is 1. The van der Waals surface area contributed by atoms with Crippen LogP contribution in [0.1, 0.15) is 37.7 Å². The Morgan fingerprint density at radius 1 is 1.17 bits per heavy atom. The van der Waals surface area contributed by atoms with Crippen molar-refractivity contribution in [2.75, 3.05) is 23.7 Å². The third kappa shape index (κ3) is 1.76. The predicted octanol–water partition coefficient (Wildman–Crippen LogP) is 3.49. The summed E-state index contributed by atoms with van der Waals surface area (Å²) in [5, 5.41) is 0. The number of hydrogen-bond acceptors (Lipinski definition) is 2. The summed E-state index contributed by atoms with van der Waals surface area (Å²) in [6, 6.07) is 3.15. The lowest BCUT2D eigenvalue weighted by atomic mass is 9.68. The van der Waals surface area contributed by atoms with Gasteiger partial charge in [-0.3, -0.25) is 0 Å². The van der Waals surface area contributed by atoms with Gasteiger partial charge in [-0.25, -0.2) is 4.39 Å². The summed E-state index contributed by atoms with van der Waals surface area (Å²) in [6.07, 6.45) is 6.67. The van der Waals surface area contributed by atoms with Crippen LogP contribution in [0.3, 0.4) is 0 Å². The highest BCUT2D eigenvalue weighted by Gasteiger charge is 2.44. The third-order valence-electron chi connectivity index (χ3n) is 4.71. The second-order valence-electron chi connectivity index (χ2n) is 6.03. The Balaban J connectivity index is 1.80. The monoisotopic (exact) mass is 248 g/mol. The quantitative estimate of drug-likeness (QED) is 0.771. The molecule has 1 aromatic rings. The summed E-state index contributed by atoms with van der Waals surface area (Å²) < 4.78 is 14.0. The fourth-order valence-corrected chi connectivity index (χ4v) is 3.61. The molecule has 0 unspecified atom stereocenters. The fraction of sp³-hybridized carbons (Fsp3) is 0.600. The van der Waals surface area contributed by atoms with Gasteiger partial charge in [0, 0.05) is 24.2 Å². The Kier molecular flexibility index (Phi) is 2.72. The largest absolute Gasteiger partial charge is 0.398 e. The molecule has 3 heteroatoms. The summed E-state index contributed by atoms with van der Waals surface area (Å²) in [5.74, 6) is -0.132. The highest BCUT2D eigenvalue weighted by molar-refractivity contribution is 5.66. The molecule has 1 aliphatic carbocycles. The molecular formula is C15H21FN2. The lowest BCUT2D eigenvalue weighted by Crippen LogP contribution is -2.57. The van der Waals surface area contributed by atoms with Crippen LogP contribution in [-0.2, 0) is 0 Å². The Morgan fingerprint density at radius 2 is 1.83 bits per heavy atom. The Hall–Kier alpha value is -1.25. The minimum atomic E-state index is -0.132. The lowest BCUT2D eigenvalue weighted by Gasteiger charge is -2.54. The van der Waals surface area contributed by atoms with Crippen molar-refractivity contribution in [1.29, 1.82) is 0 Å². The molecule has 2 nitrogen and oxygen atoms in total. The molecule has 1 spiro atoms. The van der Waals surface area contributed by atoms with Crippen LogP contribution in [0, 0.1) is 18.2 Å². The van der Waals surface area contributed by atoms with Gasteiger partial charge in [-0.05, 0) is 37.5 Å². The summed E-state index contributed by atoms with van der Waals surface area (Å²) in [7, 11) is 0. The molecule has 1 saturated heterocycles. The zero-order valence-electron chi connectivity index (χ0n) is 11.0. The van der Waals surface area contributed by atoms with E-state index in [0.717, 1.165) is 24.3 Å². The molecule has 0 atom stereocenters. The number of nitrogens with zero attached hydrogens (tertiary/aromatic N) is 1. The van der Waals surface area contributed by atoms with Crippen molar-refractivity contribution in [3.8, 4) is 0 Å². The van der Waals surface area contributed by atoms with E-state index in [2.05, 4.69) is 4.90 Å². The first-order chi connectivity index (χ1) is 8.61. The molecule has 1 aliphatic heterocycles. The maximum atomic E-state index is 14.0. The van der Waals surface area contributed by atoms with Gasteiger partial charge in [0.15, 0.2) is 0 Å². The van der Waals surface area contributed by atoms with E-state index in [1.807, 2.05) is 6.92 Å². The maximum absolute atomic E-state index is 14.0. The maximum Gasteiger partial charge on any atom is 0.146 e. The minimum Gasteiger partial charge on any atom is -0.398 e. The average molecular weight is 248 g/mol. The molecule has 1 aromatic carbocycles. The molecule has 98 valence electrons. The smallest absolute Gasteiger partial charge is 0.146 e. The second kappa shape index (κ2) is 4.15. The molecule has 2 aliphatic rings. The normalized spacial score (nSPS) is 22.0. The van der Waals surface area contributed by atoms with E-state index in [1.165, 1.54) is 38.2 Å². The number of anilines is 2. The first-order valence-electron chi connectivity index (χ1n) is 6.91. The fourth-order valence-electron chi connectivity index (χ4n) is 3.61. The van der Waals surface area contributed by atoms with Gasteiger partial charge in [0.1, 0.15) is 5.82 Å². The first-order valence-corrected chi connectivity index (χ1v) is 6.91. The van der Waals surface area contributed by atoms with Crippen LogP contribution in [0.5, 0.6) is 0 Å². The summed E-state index contributed by atoms with van der Waals surface area (Å²) in [4.78, 5) is 2.17. The van der Waals surface area contributed by atoms with Crippen molar-refractivity contribution < 1.29 is 4.39 Å². The van der Waals surface area contributed by atoms with Crippen LogP contribution >= 0.6 is 0 Å². The zero-order valence-corrected chi connectivity index (χ0v) is 11.0. The highest BCUT2D eigenvalue weighted by atomic mass is 19.1. The van der Waals surface area contributed by atoms with Gasteiger partial charge in [-0.15, -0.1) is 0 Å². The van der Waals surface area contributed by atoms with E-state index < -0.39 is 0 Å². The summed E-state index contributed by atoms with van der Waals surface area (Å²) >= 11 is 0. The van der Waals surface area contributed by atoms with Crippen molar-refractivity contribution in [2.24, 2.45) is 5.41 Å². The van der Waals surface area contributed by atoms with E-state index in [0.29, 0.717) is 11.1 Å². The van der Waals surface area contributed by atoms with Gasteiger partial charge < -0.3 is 10.6 Å². The summed E-state index contributed by atoms with van der Waals surface area (Å²) in [5.41, 5.74) is 8.66. The highest BCUT2D eigenvalue weighted by Crippen LogP contribution is 2.47. The van der Waals surface area contributed by atoms with E-state index in [-0.39, 0.29) is 5.82 Å². The van der Waals surface area contributed by atoms with Crippen LogP contribution in [0.25, 0.3) is 0 Å². The molecular weight excluding hydrogens is 227 g/mol. The van der Waals surface area contributed by atoms with Crippen molar-refractivity contribution in [3.63, 3.8) is 0 Å². The van der Waals surface area contributed by atoms with E-state index in [1.54, 1.807) is 6.07 Å². The molecule has 0 amide bonds. The van der Waals surface area contributed by atoms with E-state index in [9.17, 15) is 4.39 Å². The van der Waals surface area contributed by atoms with Gasteiger partial charge in [0.2, 0.25) is 0 Å². The van der Waals surface area contributed by atoms with Crippen LogP contribution < -0.4 is 10.6 Å². The van der Waals surface area contributed by atoms with Crippen molar-refractivity contribution in [3.05, 3.63) is 23.5 Å². The van der Waals surface area contributed by atoms with Crippen LogP contribution in [-0.4, -0.2) is 13.1 Å². The molecule has 18 heavy (non-hydrogen) atoms. The molecule has 2 fully saturated rings. The SMILES string of the molecule is Cc1c(N)ccc(F)c1N1CC2(CCCCC2)C1. The molecule has 2 N–H and O–H groups in total. The topological polar surface area (TPSA) is 29.3 Å². The van der Waals surface area contributed by atoms with Gasteiger partial charge >= 0.3 is 0 Å². The Morgan fingerprint density at radius 3 is 2.50 bits per heavy atom. The number of halogens is 1. The van der Waals surface area contributed by atoms with E-state index >= 15 is 0 Å². The van der Waals surface area contributed by atoms with Gasteiger partial charge in [0.05, 0.1) is 5.69 Å². The molecule has 0 aromatic heterocycles. The second-order valence-corrected chi connectivity index (χ2v) is 6.03. The van der Waals surface area contributed by atoms with Crippen LogP contribution in [0.15, 0.2) is 12.1 Å². The molecule has 0 bridgehead atoms. The number of nitrogens with two attached hydrogens (primary N) is 1. The molecule has 1 saturated carbocycles. The Labute approximate surface area is 108 Å². The molecule has 0 radical (unpaired) electrons. The van der Waals surface area contributed by atoms with Crippen molar-refractivity contribution >= 4 is 11.4 Å². The lowest BCUT2D eigenvalue weighted by molar-refractivity contribution is 0.138. The van der Waals surface area contributed by atoms with Gasteiger partial charge in [0.25, 0.3) is 0 Å². The van der Waals surface area contributed by atoms with Gasteiger partial charge in [-0.1, -0.05) is 19.3 Å². The van der Waals surface area contributed by atoms with Crippen LogP contribution in [0.4, 0.5) is 15.8 Å². The standard InChI is InChI=1S/C15H21FN2/c1-11-13(17)6-5-12(16)14(11)18-9-15(10-18)7-3-2-4-8-15/h5-6H,2-4,7-10,17H2,1H3. The van der Waals surface area contributed by atoms with Crippen molar-refractivity contribution in [2.45, 2.75) is 39.0 Å². The number of benzene rings is 1. The average Bonchev–Trinajstić information content (AvgIpc) is 2.34. The van der Waals surface area contributed by atoms with Crippen molar-refractivity contribution in [1.82, 2.24) is 0 Å². The third-order valence-corrected chi connectivity index (χ3v) is 4.71. The van der Waals surface area contributed by atoms with Crippen LogP contribution in [0.2, 0.25) is 0 Å². The van der Waals surface area contributed by atoms with Gasteiger partial charge in [-0.2, -0.15) is 0 Å². The summed E-state index contributed by atoms with van der Waals surface area (Å²) in [6.45, 7) is 3.93. The number of nitrogen functional groups attached to an aromatic ring is 1. The number of hydrogen-bond donors (Lipinski definition) is 1. The van der Waals surface area contributed by atoms with E-state index in [4.69, 9.17) is 5.73 Å². The Bertz CT molecular complexity index is 456.